The lowest BCUT2D eigenvalue weighted by atomic mass is 10.1. The molecule has 0 bridgehead atoms. The number of carbonyl (C=O) groups is 2. The number of amides is 2. The monoisotopic (exact) mass is 397 g/mol. The molecule has 0 atom stereocenters. The lowest BCUT2D eigenvalue weighted by molar-refractivity contribution is -0.116. The average Bonchev–Trinajstić information content (AvgIpc) is 2.76. The predicted octanol–water partition coefficient (Wildman–Crippen LogP) is 2.11. The first-order chi connectivity index (χ1) is 14.1. The van der Waals surface area contributed by atoms with Crippen molar-refractivity contribution in [1.82, 2.24) is 10.6 Å². The van der Waals surface area contributed by atoms with Crippen molar-refractivity contribution >= 4 is 17.9 Å². The van der Waals surface area contributed by atoms with Crippen LogP contribution in [-0.4, -0.2) is 39.1 Å². The Balaban J connectivity index is 1.86. The maximum absolute atomic E-state index is 12.1. The van der Waals surface area contributed by atoms with E-state index in [1.165, 1.54) is 6.08 Å². The van der Waals surface area contributed by atoms with Gasteiger partial charge in [-0.1, -0.05) is 18.2 Å². The average molecular weight is 397 g/mol. The smallest absolute Gasteiger partial charge is 0.251 e. The predicted molar refractivity (Wildman–Crippen MR) is 113 cm³/mol. The molecule has 0 saturated heterocycles. The number of hydrogen-bond acceptors (Lipinski definition) is 5. The molecule has 154 valence electrons. The molecule has 0 aliphatic heterocycles. The van der Waals surface area contributed by atoms with Crippen molar-refractivity contribution in [3.8, 4) is 11.5 Å². The summed E-state index contributed by atoms with van der Waals surface area (Å²) < 4.78 is 10.4. The highest BCUT2D eigenvalue weighted by atomic mass is 16.5. The van der Waals surface area contributed by atoms with E-state index in [0.29, 0.717) is 36.7 Å². The van der Waals surface area contributed by atoms with Gasteiger partial charge in [-0.25, -0.2) is 0 Å². The molecule has 0 fully saturated rings. The highest BCUT2D eigenvalue weighted by molar-refractivity contribution is 5.94. The zero-order chi connectivity index (χ0) is 21.1. The first kappa shape index (κ1) is 22.0. The summed E-state index contributed by atoms with van der Waals surface area (Å²) in [4.78, 5) is 24.0. The third-order valence-electron chi connectivity index (χ3n) is 4.18. The number of carbonyl (C=O) groups excluding carboxylic acids is 2. The third-order valence-corrected chi connectivity index (χ3v) is 4.18. The van der Waals surface area contributed by atoms with Crippen LogP contribution in [0, 0.1) is 0 Å². The molecule has 0 aliphatic carbocycles. The van der Waals surface area contributed by atoms with Crippen molar-refractivity contribution < 1.29 is 19.1 Å². The number of rotatable bonds is 10. The van der Waals surface area contributed by atoms with E-state index in [-0.39, 0.29) is 11.8 Å². The van der Waals surface area contributed by atoms with Gasteiger partial charge in [0.15, 0.2) is 11.5 Å². The Morgan fingerprint density at radius 1 is 1.00 bits per heavy atom. The minimum Gasteiger partial charge on any atom is -0.493 e. The van der Waals surface area contributed by atoms with Gasteiger partial charge in [0.25, 0.3) is 5.91 Å². The fourth-order valence-corrected chi connectivity index (χ4v) is 2.56. The van der Waals surface area contributed by atoms with Crippen LogP contribution >= 0.6 is 0 Å². The minimum absolute atomic E-state index is 0.133. The maximum Gasteiger partial charge on any atom is 0.251 e. The largest absolute Gasteiger partial charge is 0.493 e. The zero-order valence-corrected chi connectivity index (χ0v) is 16.7. The number of nitrogens with two attached hydrogens (primary N) is 1. The van der Waals surface area contributed by atoms with Crippen molar-refractivity contribution in [3.63, 3.8) is 0 Å². The Labute approximate surface area is 170 Å². The fraction of sp³-hybridized carbons (Fsp3) is 0.273. The van der Waals surface area contributed by atoms with Crippen LogP contribution in [0.3, 0.4) is 0 Å². The summed E-state index contributed by atoms with van der Waals surface area (Å²) in [6.45, 7) is 1.46. The second-order valence-electron chi connectivity index (χ2n) is 6.26. The van der Waals surface area contributed by atoms with E-state index in [1.54, 1.807) is 44.6 Å². The Kier molecular flexibility index (Phi) is 8.72. The summed E-state index contributed by atoms with van der Waals surface area (Å²) in [7, 11) is 3.13. The van der Waals surface area contributed by atoms with Crippen LogP contribution in [-0.2, 0) is 11.3 Å². The first-order valence-electron chi connectivity index (χ1n) is 9.32. The molecule has 2 aromatic carbocycles. The molecule has 4 N–H and O–H groups in total. The van der Waals surface area contributed by atoms with Crippen LogP contribution < -0.4 is 25.8 Å². The number of benzene rings is 2. The fourth-order valence-electron chi connectivity index (χ4n) is 2.56. The molecule has 7 nitrogen and oxygen atoms in total. The highest BCUT2D eigenvalue weighted by Gasteiger charge is 2.05. The Hall–Kier alpha value is -3.32. The van der Waals surface area contributed by atoms with E-state index in [4.69, 9.17) is 15.2 Å². The normalized spacial score (nSPS) is 10.6. The van der Waals surface area contributed by atoms with Gasteiger partial charge in [0.1, 0.15) is 0 Å². The quantitative estimate of drug-likeness (QED) is 0.421. The van der Waals surface area contributed by atoms with E-state index in [1.807, 2.05) is 18.2 Å². The summed E-state index contributed by atoms with van der Waals surface area (Å²) >= 11 is 0. The van der Waals surface area contributed by atoms with E-state index in [2.05, 4.69) is 10.6 Å². The zero-order valence-electron chi connectivity index (χ0n) is 16.7. The van der Waals surface area contributed by atoms with Crippen LogP contribution in [0.5, 0.6) is 11.5 Å². The van der Waals surface area contributed by atoms with Gasteiger partial charge in [0.05, 0.1) is 14.2 Å². The lowest BCUT2D eigenvalue weighted by Crippen LogP contribution is -2.26. The standard InChI is InChI=1S/C22H27N3O4/c1-28-19-10-6-16(14-20(19)29-2)7-11-21(26)25-15-17-4-8-18(9-5-17)22(27)24-13-3-12-23/h4-11,14H,3,12-13,15,23H2,1-2H3,(H,24,27)(H,25,26)/b11-7+. The lowest BCUT2D eigenvalue weighted by Gasteiger charge is -2.08. The molecule has 2 rings (SSSR count). The Morgan fingerprint density at radius 2 is 1.72 bits per heavy atom. The van der Waals surface area contributed by atoms with E-state index in [9.17, 15) is 9.59 Å². The molecule has 7 heteroatoms. The molecule has 29 heavy (non-hydrogen) atoms. The van der Waals surface area contributed by atoms with Crippen LogP contribution in [0.25, 0.3) is 6.08 Å². The van der Waals surface area contributed by atoms with Crippen molar-refractivity contribution in [2.24, 2.45) is 5.73 Å². The summed E-state index contributed by atoms with van der Waals surface area (Å²) in [5, 5.41) is 5.62. The highest BCUT2D eigenvalue weighted by Crippen LogP contribution is 2.27. The van der Waals surface area contributed by atoms with Gasteiger partial charge in [0.2, 0.25) is 5.91 Å². The van der Waals surface area contributed by atoms with E-state index >= 15 is 0 Å². The number of methoxy groups -OCH3 is 2. The van der Waals surface area contributed by atoms with Crippen LogP contribution in [0.2, 0.25) is 0 Å². The summed E-state index contributed by atoms with van der Waals surface area (Å²) in [5.41, 5.74) is 7.71. The van der Waals surface area contributed by atoms with E-state index in [0.717, 1.165) is 17.5 Å². The number of hydrogen-bond donors (Lipinski definition) is 3. The van der Waals surface area contributed by atoms with Gasteiger partial charge in [-0.15, -0.1) is 0 Å². The molecule has 0 radical (unpaired) electrons. The van der Waals surface area contributed by atoms with Crippen LogP contribution in [0.4, 0.5) is 0 Å². The minimum atomic E-state index is -0.219. The van der Waals surface area contributed by atoms with Gasteiger partial charge in [-0.3, -0.25) is 9.59 Å². The molecule has 0 unspecified atom stereocenters. The Bertz CT molecular complexity index is 848. The van der Waals surface area contributed by atoms with Crippen LogP contribution in [0.1, 0.15) is 27.9 Å². The summed E-state index contributed by atoms with van der Waals surface area (Å²) in [5.74, 6) is 0.878. The van der Waals surface area contributed by atoms with Gasteiger partial charge in [-0.2, -0.15) is 0 Å². The molecule has 0 saturated carbocycles. The second-order valence-corrected chi connectivity index (χ2v) is 6.26. The summed E-state index contributed by atoms with van der Waals surface area (Å²) in [6, 6.07) is 12.5. The van der Waals surface area contributed by atoms with Gasteiger partial charge in [0, 0.05) is 24.7 Å². The second kappa shape index (κ2) is 11.5. The topological polar surface area (TPSA) is 103 Å². The van der Waals surface area contributed by atoms with Crippen molar-refractivity contribution in [3.05, 3.63) is 65.2 Å². The van der Waals surface area contributed by atoms with E-state index < -0.39 is 0 Å². The molecule has 0 aliphatic rings. The number of ether oxygens (including phenoxy) is 2. The van der Waals surface area contributed by atoms with Crippen molar-refractivity contribution in [2.75, 3.05) is 27.3 Å². The SMILES string of the molecule is COc1ccc(/C=C/C(=O)NCc2ccc(C(=O)NCCCN)cc2)cc1OC. The molecule has 0 aromatic heterocycles. The summed E-state index contributed by atoms with van der Waals surface area (Å²) in [6.07, 6.45) is 3.90. The van der Waals surface area contributed by atoms with Gasteiger partial charge >= 0.3 is 0 Å². The van der Waals surface area contributed by atoms with Gasteiger partial charge < -0.3 is 25.8 Å². The van der Waals surface area contributed by atoms with Crippen molar-refractivity contribution in [1.29, 1.82) is 0 Å². The maximum atomic E-state index is 12.1. The molecule has 0 heterocycles. The number of nitrogens with one attached hydrogen (secondary N) is 2. The molecule has 2 aromatic rings. The molecule has 2 amide bonds. The van der Waals surface area contributed by atoms with Crippen LogP contribution in [0.15, 0.2) is 48.5 Å². The first-order valence-corrected chi connectivity index (χ1v) is 9.32. The molecule has 0 spiro atoms. The van der Waals surface area contributed by atoms with Gasteiger partial charge in [-0.05, 0) is 54.4 Å². The third kappa shape index (κ3) is 6.97. The molecular weight excluding hydrogens is 370 g/mol. The van der Waals surface area contributed by atoms with Crippen molar-refractivity contribution in [2.45, 2.75) is 13.0 Å². The molecular formula is C22H27N3O4. The Morgan fingerprint density at radius 3 is 2.38 bits per heavy atom.